The fourth-order valence-corrected chi connectivity index (χ4v) is 3.12. The lowest BCUT2D eigenvalue weighted by Crippen LogP contribution is -2.27. The molecule has 1 rings (SSSR count). The van der Waals surface area contributed by atoms with Crippen LogP contribution in [0.3, 0.4) is 0 Å². The van der Waals surface area contributed by atoms with Gasteiger partial charge in [0.05, 0.1) is 18.2 Å². The average Bonchev–Trinajstić information content (AvgIpc) is 2.29. The summed E-state index contributed by atoms with van der Waals surface area (Å²) in [6, 6.07) is 2.54. The predicted molar refractivity (Wildman–Crippen MR) is 69.4 cm³/mol. The molecule has 0 bridgehead atoms. The first-order valence-corrected chi connectivity index (χ1v) is 7.23. The number of aliphatic hydroxyl groups is 1. The maximum absolute atomic E-state index is 11.9. The number of benzene rings is 1. The van der Waals surface area contributed by atoms with Crippen LogP contribution in [0, 0.1) is 0 Å². The predicted octanol–water partition coefficient (Wildman–Crippen LogP) is 1.41. The van der Waals surface area contributed by atoms with Crippen molar-refractivity contribution in [2.45, 2.75) is 11.5 Å². The first kappa shape index (κ1) is 15.7. The van der Waals surface area contributed by atoms with Gasteiger partial charge in [0.2, 0.25) is 10.0 Å². The van der Waals surface area contributed by atoms with E-state index in [0.29, 0.717) is 5.56 Å². The van der Waals surface area contributed by atoms with Crippen molar-refractivity contribution in [1.29, 1.82) is 0 Å². The quantitative estimate of drug-likeness (QED) is 0.779. The lowest BCUT2D eigenvalue weighted by atomic mass is 10.2. The van der Waals surface area contributed by atoms with Gasteiger partial charge in [0, 0.05) is 18.7 Å². The van der Waals surface area contributed by atoms with Gasteiger partial charge in [-0.15, -0.1) is 0 Å². The summed E-state index contributed by atoms with van der Waals surface area (Å²) in [7, 11) is -2.28. The van der Waals surface area contributed by atoms with Crippen molar-refractivity contribution in [3.05, 3.63) is 27.7 Å². The minimum atomic E-state index is -3.74. The molecule has 0 radical (unpaired) electrons. The molecule has 0 spiro atoms. The van der Waals surface area contributed by atoms with Gasteiger partial charge in [-0.25, -0.2) is 13.1 Å². The molecule has 102 valence electrons. The van der Waals surface area contributed by atoms with Crippen LogP contribution in [0.15, 0.2) is 17.0 Å². The molecule has 0 aliphatic carbocycles. The monoisotopic (exact) mass is 313 g/mol. The van der Waals surface area contributed by atoms with Gasteiger partial charge in [0.25, 0.3) is 0 Å². The summed E-state index contributed by atoms with van der Waals surface area (Å²) in [6.45, 7) is 0.0140. The Balaban J connectivity index is 3.08. The van der Waals surface area contributed by atoms with Crippen LogP contribution < -0.4 is 4.72 Å². The van der Waals surface area contributed by atoms with Gasteiger partial charge in [-0.2, -0.15) is 0 Å². The fraction of sp³-hybridized carbons (Fsp3) is 0.400. The van der Waals surface area contributed by atoms with Crippen LogP contribution in [0.1, 0.15) is 5.56 Å². The van der Waals surface area contributed by atoms with Crippen LogP contribution in [0.2, 0.25) is 10.0 Å². The van der Waals surface area contributed by atoms with E-state index in [0.717, 1.165) is 0 Å². The number of ether oxygens (including phenoxy) is 1. The molecule has 5 nitrogen and oxygen atoms in total. The Morgan fingerprint density at radius 1 is 1.33 bits per heavy atom. The number of nitrogens with one attached hydrogen (secondary N) is 1. The summed E-state index contributed by atoms with van der Waals surface area (Å²) in [5.41, 5.74) is 0.299. The second-order valence-electron chi connectivity index (χ2n) is 3.42. The number of hydrogen-bond acceptors (Lipinski definition) is 4. The molecule has 0 aliphatic rings. The van der Waals surface area contributed by atoms with Crippen molar-refractivity contribution in [3.8, 4) is 0 Å². The smallest absolute Gasteiger partial charge is 0.242 e. The number of rotatable bonds is 6. The number of halogens is 2. The van der Waals surface area contributed by atoms with Crippen LogP contribution in [-0.2, 0) is 21.4 Å². The van der Waals surface area contributed by atoms with Gasteiger partial charge < -0.3 is 9.84 Å². The van der Waals surface area contributed by atoms with Crippen molar-refractivity contribution in [3.63, 3.8) is 0 Å². The molecule has 0 heterocycles. The Bertz CT molecular complexity index is 519. The zero-order valence-electron chi connectivity index (χ0n) is 9.61. The number of methoxy groups -OCH3 is 1. The molecule has 0 amide bonds. The van der Waals surface area contributed by atoms with Gasteiger partial charge in [0.15, 0.2) is 0 Å². The Morgan fingerprint density at radius 3 is 2.56 bits per heavy atom. The summed E-state index contributed by atoms with van der Waals surface area (Å²) >= 11 is 11.6. The first-order valence-electron chi connectivity index (χ1n) is 4.99. The topological polar surface area (TPSA) is 75.6 Å². The normalized spacial score (nSPS) is 11.8. The highest BCUT2D eigenvalue weighted by molar-refractivity contribution is 7.89. The lowest BCUT2D eigenvalue weighted by molar-refractivity contribution is 0.204. The maximum atomic E-state index is 11.9. The molecular weight excluding hydrogens is 301 g/mol. The molecule has 0 aliphatic heterocycles. The first-order chi connectivity index (χ1) is 8.42. The minimum absolute atomic E-state index is 0.00196. The van der Waals surface area contributed by atoms with Gasteiger partial charge in [-0.05, 0) is 17.7 Å². The molecule has 2 N–H and O–H groups in total. The molecule has 0 saturated carbocycles. The third-order valence-electron chi connectivity index (χ3n) is 2.16. The summed E-state index contributed by atoms with van der Waals surface area (Å²) in [4.78, 5) is -0.117. The Labute approximate surface area is 116 Å². The Kier molecular flexibility index (Phi) is 5.84. The standard InChI is InChI=1S/C10H13Cl2NO4S/c1-17-3-2-13-18(15,16)10-4-7(6-14)8(11)5-9(10)12/h4-5,13-14H,2-3,6H2,1H3. The van der Waals surface area contributed by atoms with E-state index in [1.54, 1.807) is 0 Å². The number of aliphatic hydroxyl groups excluding tert-OH is 1. The van der Waals surface area contributed by atoms with Crippen LogP contribution in [0.25, 0.3) is 0 Å². The van der Waals surface area contributed by atoms with Crippen LogP contribution in [0.5, 0.6) is 0 Å². The molecule has 1 aromatic carbocycles. The number of hydrogen-bond donors (Lipinski definition) is 2. The van der Waals surface area contributed by atoms with Gasteiger partial charge in [-0.3, -0.25) is 0 Å². The Hall–Kier alpha value is -0.370. The van der Waals surface area contributed by atoms with E-state index in [1.165, 1.54) is 19.2 Å². The molecule has 0 saturated heterocycles. The second-order valence-corrected chi connectivity index (χ2v) is 5.97. The van der Waals surface area contributed by atoms with Crippen LogP contribution in [0.4, 0.5) is 0 Å². The van der Waals surface area contributed by atoms with Crippen molar-refractivity contribution < 1.29 is 18.3 Å². The molecule has 0 atom stereocenters. The molecule has 18 heavy (non-hydrogen) atoms. The van der Waals surface area contributed by atoms with Crippen molar-refractivity contribution >= 4 is 33.2 Å². The van der Waals surface area contributed by atoms with E-state index < -0.39 is 10.0 Å². The highest BCUT2D eigenvalue weighted by Gasteiger charge is 2.19. The summed E-state index contributed by atoms with van der Waals surface area (Å²) in [6.07, 6.45) is 0. The number of sulfonamides is 1. The van der Waals surface area contributed by atoms with Gasteiger partial charge in [0.1, 0.15) is 4.90 Å². The average molecular weight is 314 g/mol. The Morgan fingerprint density at radius 2 is 2.00 bits per heavy atom. The van der Waals surface area contributed by atoms with E-state index >= 15 is 0 Å². The summed E-state index contributed by atoms with van der Waals surface area (Å²) in [5.74, 6) is 0. The van der Waals surface area contributed by atoms with Crippen molar-refractivity contribution in [2.24, 2.45) is 0 Å². The van der Waals surface area contributed by atoms with E-state index in [2.05, 4.69) is 4.72 Å². The third-order valence-corrected chi connectivity index (χ3v) is 4.44. The van der Waals surface area contributed by atoms with Crippen molar-refractivity contribution in [2.75, 3.05) is 20.3 Å². The fourth-order valence-electron chi connectivity index (χ4n) is 1.25. The van der Waals surface area contributed by atoms with Gasteiger partial charge in [-0.1, -0.05) is 23.2 Å². The molecule has 0 fully saturated rings. The van der Waals surface area contributed by atoms with Crippen LogP contribution in [-0.4, -0.2) is 33.8 Å². The zero-order valence-corrected chi connectivity index (χ0v) is 11.9. The van der Waals surface area contributed by atoms with E-state index in [4.69, 9.17) is 33.0 Å². The van der Waals surface area contributed by atoms with Crippen LogP contribution >= 0.6 is 23.2 Å². The molecule has 0 unspecified atom stereocenters. The highest BCUT2D eigenvalue weighted by atomic mass is 35.5. The largest absolute Gasteiger partial charge is 0.392 e. The lowest BCUT2D eigenvalue weighted by Gasteiger charge is -2.10. The molecule has 0 aromatic heterocycles. The molecule has 8 heteroatoms. The van der Waals surface area contributed by atoms with E-state index in [-0.39, 0.29) is 34.7 Å². The maximum Gasteiger partial charge on any atom is 0.242 e. The third kappa shape index (κ3) is 3.81. The van der Waals surface area contributed by atoms with E-state index in [1.807, 2.05) is 0 Å². The minimum Gasteiger partial charge on any atom is -0.392 e. The second kappa shape index (κ2) is 6.70. The summed E-state index contributed by atoms with van der Waals surface area (Å²) in [5, 5.41) is 9.27. The summed E-state index contributed by atoms with van der Waals surface area (Å²) < 4.78 is 30.9. The molecular formula is C10H13Cl2NO4S. The van der Waals surface area contributed by atoms with Gasteiger partial charge >= 0.3 is 0 Å². The zero-order chi connectivity index (χ0) is 13.8. The molecule has 1 aromatic rings. The van der Waals surface area contributed by atoms with Crippen molar-refractivity contribution in [1.82, 2.24) is 4.72 Å². The van der Waals surface area contributed by atoms with E-state index in [9.17, 15) is 8.42 Å². The highest BCUT2D eigenvalue weighted by Crippen LogP contribution is 2.28. The SMILES string of the molecule is COCCNS(=O)(=O)c1cc(CO)c(Cl)cc1Cl.